The van der Waals surface area contributed by atoms with E-state index >= 15 is 0 Å². The summed E-state index contributed by atoms with van der Waals surface area (Å²) >= 11 is 0. The van der Waals surface area contributed by atoms with Crippen LogP contribution in [0.5, 0.6) is 5.75 Å². The van der Waals surface area contributed by atoms with Crippen molar-refractivity contribution in [2.75, 3.05) is 7.11 Å². The van der Waals surface area contributed by atoms with Gasteiger partial charge < -0.3 is 10.5 Å². The number of rotatable bonds is 4. The first-order valence-corrected chi connectivity index (χ1v) is 7.37. The number of ether oxygens (including phenoxy) is 1. The lowest BCUT2D eigenvalue weighted by molar-refractivity contribution is 0.414. The molecule has 1 aliphatic carbocycles. The molecule has 19 heavy (non-hydrogen) atoms. The Morgan fingerprint density at radius 3 is 2.58 bits per heavy atom. The quantitative estimate of drug-likeness (QED) is 0.834. The van der Waals surface area contributed by atoms with Crippen molar-refractivity contribution in [2.24, 2.45) is 5.73 Å². The van der Waals surface area contributed by atoms with Crippen molar-refractivity contribution < 1.29 is 4.74 Å². The van der Waals surface area contributed by atoms with Crippen LogP contribution in [0.15, 0.2) is 35.9 Å². The average Bonchev–Trinajstić information content (AvgIpc) is 2.39. The fraction of sp³-hybridized carbons (Fsp3) is 0.529. The molecule has 1 aliphatic rings. The molecule has 2 heteroatoms. The van der Waals surface area contributed by atoms with E-state index in [1.165, 1.54) is 49.7 Å². The van der Waals surface area contributed by atoms with Crippen molar-refractivity contribution in [3.8, 4) is 5.75 Å². The van der Waals surface area contributed by atoms with Gasteiger partial charge in [-0.05, 0) is 49.8 Å². The van der Waals surface area contributed by atoms with E-state index < -0.39 is 0 Å². The second-order valence-electron chi connectivity index (χ2n) is 5.39. The molecule has 1 unspecified atom stereocenters. The maximum absolute atomic E-state index is 6.37. The molecule has 2 N–H and O–H groups in total. The number of methoxy groups -OCH3 is 1. The van der Waals surface area contributed by atoms with Crippen molar-refractivity contribution in [1.29, 1.82) is 0 Å². The van der Waals surface area contributed by atoms with Crippen molar-refractivity contribution >= 4 is 0 Å². The van der Waals surface area contributed by atoms with E-state index in [9.17, 15) is 0 Å². The van der Waals surface area contributed by atoms with Crippen molar-refractivity contribution in [1.82, 2.24) is 0 Å². The summed E-state index contributed by atoms with van der Waals surface area (Å²) in [7, 11) is 1.69. The fourth-order valence-electron chi connectivity index (χ4n) is 2.70. The molecule has 0 fully saturated rings. The fourth-order valence-corrected chi connectivity index (χ4v) is 2.70. The minimum Gasteiger partial charge on any atom is -0.497 e. The Morgan fingerprint density at radius 2 is 1.84 bits per heavy atom. The first kappa shape index (κ1) is 14.1. The molecule has 0 aliphatic heterocycles. The van der Waals surface area contributed by atoms with Crippen LogP contribution in [0.2, 0.25) is 0 Å². The molecule has 1 atom stereocenters. The summed E-state index contributed by atoms with van der Waals surface area (Å²) in [6, 6.07) is 8.42. The third kappa shape index (κ3) is 4.39. The second kappa shape index (κ2) is 7.34. The Morgan fingerprint density at radius 1 is 1.11 bits per heavy atom. The van der Waals surface area contributed by atoms with Crippen molar-refractivity contribution in [2.45, 2.75) is 51.0 Å². The lowest BCUT2D eigenvalue weighted by Crippen LogP contribution is -2.25. The largest absolute Gasteiger partial charge is 0.497 e. The van der Waals surface area contributed by atoms with Gasteiger partial charge >= 0.3 is 0 Å². The number of hydrogen-bond acceptors (Lipinski definition) is 2. The molecule has 2 nitrogen and oxygen atoms in total. The molecule has 0 saturated heterocycles. The summed E-state index contributed by atoms with van der Waals surface area (Å²) in [5.41, 5.74) is 9.11. The Hall–Kier alpha value is -1.28. The smallest absolute Gasteiger partial charge is 0.118 e. The zero-order chi connectivity index (χ0) is 13.5. The van der Waals surface area contributed by atoms with Crippen LogP contribution in [0.25, 0.3) is 0 Å². The number of hydrogen-bond donors (Lipinski definition) is 1. The summed E-state index contributed by atoms with van der Waals surface area (Å²) in [5, 5.41) is 0. The van der Waals surface area contributed by atoms with Gasteiger partial charge in [-0.2, -0.15) is 0 Å². The maximum atomic E-state index is 6.37. The number of allylic oxidation sites excluding steroid dienone is 1. The molecule has 0 radical (unpaired) electrons. The van der Waals surface area contributed by atoms with E-state index in [1.54, 1.807) is 7.11 Å². The average molecular weight is 259 g/mol. The summed E-state index contributed by atoms with van der Waals surface area (Å²) in [5.74, 6) is 0.905. The SMILES string of the molecule is COc1ccc(CC(N)/C2=C/CCCCCC2)cc1. The minimum atomic E-state index is 0.173. The Balaban J connectivity index is 1.96. The Bertz CT molecular complexity index is 408. The molecule has 0 heterocycles. The molecule has 0 aromatic heterocycles. The lowest BCUT2D eigenvalue weighted by atomic mass is 9.92. The first-order chi connectivity index (χ1) is 9.29. The van der Waals surface area contributed by atoms with Crippen LogP contribution in [0.4, 0.5) is 0 Å². The van der Waals surface area contributed by atoms with Gasteiger partial charge in [0, 0.05) is 6.04 Å². The zero-order valence-electron chi connectivity index (χ0n) is 11.9. The van der Waals surface area contributed by atoms with Crippen molar-refractivity contribution in [3.05, 3.63) is 41.5 Å². The lowest BCUT2D eigenvalue weighted by Gasteiger charge is -2.18. The summed E-state index contributed by atoms with van der Waals surface area (Å²) < 4.78 is 5.18. The van der Waals surface area contributed by atoms with E-state index in [1.807, 2.05) is 12.1 Å². The highest BCUT2D eigenvalue weighted by atomic mass is 16.5. The van der Waals surface area contributed by atoms with E-state index in [2.05, 4.69) is 18.2 Å². The molecule has 1 aromatic rings. The normalized spacial score (nSPS) is 20.8. The monoisotopic (exact) mass is 259 g/mol. The van der Waals surface area contributed by atoms with E-state index in [0.29, 0.717) is 0 Å². The minimum absolute atomic E-state index is 0.173. The summed E-state index contributed by atoms with van der Waals surface area (Å²) in [6.07, 6.45) is 11.0. The van der Waals surface area contributed by atoms with Crippen LogP contribution in [-0.4, -0.2) is 13.2 Å². The zero-order valence-corrected chi connectivity index (χ0v) is 11.9. The van der Waals surface area contributed by atoms with E-state index in [4.69, 9.17) is 10.5 Å². The Labute approximate surface area is 116 Å². The highest BCUT2D eigenvalue weighted by Gasteiger charge is 2.11. The second-order valence-corrected chi connectivity index (χ2v) is 5.39. The van der Waals surface area contributed by atoms with Gasteiger partial charge in [-0.1, -0.05) is 36.6 Å². The van der Waals surface area contributed by atoms with Gasteiger partial charge in [0.05, 0.1) is 7.11 Å². The van der Waals surface area contributed by atoms with Crippen molar-refractivity contribution in [3.63, 3.8) is 0 Å². The van der Waals surface area contributed by atoms with E-state index in [0.717, 1.165) is 12.2 Å². The van der Waals surface area contributed by atoms with Crippen LogP contribution in [-0.2, 0) is 6.42 Å². The van der Waals surface area contributed by atoms with Gasteiger partial charge in [0.25, 0.3) is 0 Å². The van der Waals surface area contributed by atoms with Crippen LogP contribution in [0.3, 0.4) is 0 Å². The third-order valence-electron chi connectivity index (χ3n) is 3.92. The standard InChI is InChI=1S/C17H25NO/c1-19-16-11-9-14(10-12-16)13-17(18)15-7-5-3-2-4-6-8-15/h7,9-12,17H,2-6,8,13,18H2,1H3/b15-7+. The molecule has 0 bridgehead atoms. The predicted octanol–water partition coefficient (Wildman–Crippen LogP) is 3.85. The van der Waals surface area contributed by atoms with Crippen LogP contribution >= 0.6 is 0 Å². The molecular formula is C17H25NO. The van der Waals surface area contributed by atoms with Gasteiger partial charge in [-0.3, -0.25) is 0 Å². The number of benzene rings is 1. The van der Waals surface area contributed by atoms with Gasteiger partial charge in [0.2, 0.25) is 0 Å². The molecule has 0 spiro atoms. The van der Waals surface area contributed by atoms with Crippen LogP contribution < -0.4 is 10.5 Å². The van der Waals surface area contributed by atoms with Crippen LogP contribution in [0, 0.1) is 0 Å². The topological polar surface area (TPSA) is 35.2 Å². The van der Waals surface area contributed by atoms with Gasteiger partial charge in [0.15, 0.2) is 0 Å². The molecule has 1 aromatic carbocycles. The summed E-state index contributed by atoms with van der Waals surface area (Å²) in [4.78, 5) is 0. The maximum Gasteiger partial charge on any atom is 0.118 e. The van der Waals surface area contributed by atoms with Gasteiger partial charge in [-0.25, -0.2) is 0 Å². The molecule has 0 saturated carbocycles. The molecule has 104 valence electrons. The molecular weight excluding hydrogens is 234 g/mol. The number of nitrogens with two attached hydrogens (primary N) is 1. The molecule has 0 amide bonds. The summed E-state index contributed by atoms with van der Waals surface area (Å²) in [6.45, 7) is 0. The van der Waals surface area contributed by atoms with Gasteiger partial charge in [0.1, 0.15) is 5.75 Å². The van der Waals surface area contributed by atoms with E-state index in [-0.39, 0.29) is 6.04 Å². The Kier molecular flexibility index (Phi) is 5.46. The van der Waals surface area contributed by atoms with Crippen LogP contribution in [0.1, 0.15) is 44.1 Å². The highest BCUT2D eigenvalue weighted by Crippen LogP contribution is 2.21. The molecule has 2 rings (SSSR count). The first-order valence-electron chi connectivity index (χ1n) is 7.37. The highest BCUT2D eigenvalue weighted by molar-refractivity contribution is 5.29. The third-order valence-corrected chi connectivity index (χ3v) is 3.92. The predicted molar refractivity (Wildman–Crippen MR) is 80.5 cm³/mol. The van der Waals surface area contributed by atoms with Gasteiger partial charge in [-0.15, -0.1) is 0 Å².